The van der Waals surface area contributed by atoms with E-state index < -0.39 is 0 Å². The Bertz CT molecular complexity index is 388. The number of likely N-dealkylation sites (N-methyl/N-ethyl adjacent to an activating group) is 2. The van der Waals surface area contributed by atoms with Crippen molar-refractivity contribution in [3.05, 3.63) is 29.8 Å². The summed E-state index contributed by atoms with van der Waals surface area (Å²) < 4.78 is 0. The number of benzene rings is 1. The molecule has 0 aromatic heterocycles. The van der Waals surface area contributed by atoms with Gasteiger partial charge in [-0.1, -0.05) is 12.1 Å². The van der Waals surface area contributed by atoms with E-state index in [-0.39, 0.29) is 11.9 Å². The number of rotatable bonds is 1. The maximum atomic E-state index is 11.7. The molecule has 1 heterocycles. The summed E-state index contributed by atoms with van der Waals surface area (Å²) in [5, 5.41) is 0. The largest absolute Gasteiger partial charge is 0.399 e. The monoisotopic (exact) mass is 219 g/mol. The Hall–Kier alpha value is -1.55. The van der Waals surface area contributed by atoms with Gasteiger partial charge in [0.2, 0.25) is 5.91 Å². The Kier molecular flexibility index (Phi) is 2.83. The lowest BCUT2D eigenvalue weighted by atomic mass is 10.0. The Labute approximate surface area is 95.6 Å². The maximum absolute atomic E-state index is 11.7. The summed E-state index contributed by atoms with van der Waals surface area (Å²) in [6, 6.07) is 7.86. The number of piperazine rings is 1. The van der Waals surface area contributed by atoms with E-state index in [4.69, 9.17) is 5.73 Å². The Morgan fingerprint density at radius 3 is 2.50 bits per heavy atom. The molecule has 1 atom stereocenters. The first-order valence-electron chi connectivity index (χ1n) is 5.37. The van der Waals surface area contributed by atoms with Crippen LogP contribution in [0.25, 0.3) is 0 Å². The highest BCUT2D eigenvalue weighted by Gasteiger charge is 2.28. The van der Waals surface area contributed by atoms with Crippen LogP contribution in [0.5, 0.6) is 0 Å². The lowest BCUT2D eigenvalue weighted by Crippen LogP contribution is -2.48. The van der Waals surface area contributed by atoms with Crippen LogP contribution in [0.15, 0.2) is 24.3 Å². The molecule has 1 fully saturated rings. The molecule has 2 N–H and O–H groups in total. The molecule has 1 aromatic carbocycles. The third kappa shape index (κ3) is 2.02. The second-order valence-corrected chi connectivity index (χ2v) is 4.38. The van der Waals surface area contributed by atoms with Gasteiger partial charge in [0.25, 0.3) is 0 Å². The third-order valence-corrected chi connectivity index (χ3v) is 3.07. The molecule has 1 aliphatic heterocycles. The highest BCUT2D eigenvalue weighted by Crippen LogP contribution is 2.24. The van der Waals surface area contributed by atoms with E-state index in [1.807, 2.05) is 48.2 Å². The molecule has 0 radical (unpaired) electrons. The molecule has 0 spiro atoms. The van der Waals surface area contributed by atoms with E-state index >= 15 is 0 Å². The highest BCUT2D eigenvalue weighted by atomic mass is 16.2. The van der Waals surface area contributed by atoms with Gasteiger partial charge < -0.3 is 10.6 Å². The summed E-state index contributed by atoms with van der Waals surface area (Å²) in [4.78, 5) is 15.6. The van der Waals surface area contributed by atoms with Crippen LogP contribution >= 0.6 is 0 Å². The zero-order valence-corrected chi connectivity index (χ0v) is 9.68. The standard InChI is InChI=1S/C12H17N3O/c1-14-7-11(15(2)12(16)8-14)9-3-5-10(13)6-4-9/h3-6,11H,7-8,13H2,1-2H3. The maximum Gasteiger partial charge on any atom is 0.237 e. The number of anilines is 1. The fourth-order valence-electron chi connectivity index (χ4n) is 2.05. The van der Waals surface area contributed by atoms with Crippen LogP contribution in [0, 0.1) is 0 Å². The van der Waals surface area contributed by atoms with Gasteiger partial charge in [0.1, 0.15) is 0 Å². The van der Waals surface area contributed by atoms with Crippen LogP contribution in [0.3, 0.4) is 0 Å². The minimum Gasteiger partial charge on any atom is -0.399 e. The molecule has 1 aromatic rings. The smallest absolute Gasteiger partial charge is 0.237 e. The van der Waals surface area contributed by atoms with Gasteiger partial charge in [-0.15, -0.1) is 0 Å². The molecule has 1 saturated heterocycles. The molecular formula is C12H17N3O. The molecule has 2 rings (SSSR count). The fourth-order valence-corrected chi connectivity index (χ4v) is 2.05. The molecule has 86 valence electrons. The van der Waals surface area contributed by atoms with Gasteiger partial charge in [-0.25, -0.2) is 0 Å². The average molecular weight is 219 g/mol. The Morgan fingerprint density at radius 1 is 1.25 bits per heavy atom. The molecule has 16 heavy (non-hydrogen) atoms. The normalized spacial score (nSPS) is 22.5. The zero-order valence-electron chi connectivity index (χ0n) is 9.68. The summed E-state index contributed by atoms with van der Waals surface area (Å²) in [7, 11) is 3.82. The number of nitrogen functional groups attached to an aromatic ring is 1. The summed E-state index contributed by atoms with van der Waals surface area (Å²) in [6.45, 7) is 1.37. The van der Waals surface area contributed by atoms with Crippen LogP contribution in [0.4, 0.5) is 5.69 Å². The van der Waals surface area contributed by atoms with Crippen molar-refractivity contribution >= 4 is 11.6 Å². The summed E-state index contributed by atoms with van der Waals surface area (Å²) in [5.74, 6) is 0.163. The summed E-state index contributed by atoms with van der Waals surface area (Å²) in [5.41, 5.74) is 7.54. The minimum absolute atomic E-state index is 0.131. The van der Waals surface area contributed by atoms with E-state index in [0.29, 0.717) is 6.54 Å². The molecule has 4 nitrogen and oxygen atoms in total. The fraction of sp³-hybridized carbons (Fsp3) is 0.417. The molecule has 0 saturated carbocycles. The number of hydrogen-bond acceptors (Lipinski definition) is 3. The van der Waals surface area contributed by atoms with Crippen molar-refractivity contribution in [3.63, 3.8) is 0 Å². The molecule has 4 heteroatoms. The molecular weight excluding hydrogens is 202 g/mol. The number of amides is 1. The Balaban J connectivity index is 2.25. The predicted octanol–water partition coefficient (Wildman–Crippen LogP) is 0.714. The number of hydrogen-bond donors (Lipinski definition) is 1. The summed E-state index contributed by atoms with van der Waals surface area (Å²) in [6.07, 6.45) is 0. The van der Waals surface area contributed by atoms with Gasteiger partial charge in [0.05, 0.1) is 12.6 Å². The second-order valence-electron chi connectivity index (χ2n) is 4.38. The van der Waals surface area contributed by atoms with Crippen molar-refractivity contribution in [2.75, 3.05) is 32.9 Å². The van der Waals surface area contributed by atoms with Gasteiger partial charge in [-0.05, 0) is 24.7 Å². The van der Waals surface area contributed by atoms with E-state index in [1.165, 1.54) is 0 Å². The van der Waals surface area contributed by atoms with Crippen LogP contribution in [-0.4, -0.2) is 42.9 Å². The SMILES string of the molecule is CN1CC(=O)N(C)C(c2ccc(N)cc2)C1. The first-order chi connectivity index (χ1) is 7.58. The van der Waals surface area contributed by atoms with E-state index in [2.05, 4.69) is 0 Å². The van der Waals surface area contributed by atoms with Crippen LogP contribution in [0.1, 0.15) is 11.6 Å². The van der Waals surface area contributed by atoms with E-state index in [1.54, 1.807) is 0 Å². The summed E-state index contributed by atoms with van der Waals surface area (Å²) >= 11 is 0. The van der Waals surface area contributed by atoms with Gasteiger partial charge >= 0.3 is 0 Å². The zero-order chi connectivity index (χ0) is 11.7. The molecule has 1 unspecified atom stereocenters. The first kappa shape index (κ1) is 11.0. The quantitative estimate of drug-likeness (QED) is 0.708. The highest BCUT2D eigenvalue weighted by molar-refractivity contribution is 5.79. The number of carbonyl (C=O) groups excluding carboxylic acids is 1. The number of nitrogens with two attached hydrogens (primary N) is 1. The van der Waals surface area contributed by atoms with Crippen LogP contribution in [-0.2, 0) is 4.79 Å². The van der Waals surface area contributed by atoms with Crippen LogP contribution < -0.4 is 5.73 Å². The van der Waals surface area contributed by atoms with Gasteiger partial charge in [-0.3, -0.25) is 9.69 Å². The predicted molar refractivity (Wildman–Crippen MR) is 63.9 cm³/mol. The molecule has 0 aliphatic carbocycles. The average Bonchev–Trinajstić information content (AvgIpc) is 2.25. The number of nitrogens with zero attached hydrogens (tertiary/aromatic N) is 2. The second kappa shape index (κ2) is 4.14. The number of carbonyl (C=O) groups is 1. The van der Waals surface area contributed by atoms with Crippen molar-refractivity contribution < 1.29 is 4.79 Å². The molecule has 1 amide bonds. The van der Waals surface area contributed by atoms with Crippen molar-refractivity contribution in [2.45, 2.75) is 6.04 Å². The van der Waals surface area contributed by atoms with Gasteiger partial charge in [-0.2, -0.15) is 0 Å². The molecule has 1 aliphatic rings. The Morgan fingerprint density at radius 2 is 1.88 bits per heavy atom. The minimum atomic E-state index is 0.131. The third-order valence-electron chi connectivity index (χ3n) is 3.07. The van der Waals surface area contributed by atoms with E-state index in [0.717, 1.165) is 17.8 Å². The van der Waals surface area contributed by atoms with Crippen LogP contribution in [0.2, 0.25) is 0 Å². The van der Waals surface area contributed by atoms with Crippen molar-refractivity contribution in [3.8, 4) is 0 Å². The van der Waals surface area contributed by atoms with Crippen molar-refractivity contribution in [1.82, 2.24) is 9.80 Å². The first-order valence-corrected chi connectivity index (χ1v) is 5.37. The topological polar surface area (TPSA) is 49.6 Å². The van der Waals surface area contributed by atoms with Gasteiger partial charge in [0, 0.05) is 19.3 Å². The lowest BCUT2D eigenvalue weighted by molar-refractivity contribution is -0.137. The van der Waals surface area contributed by atoms with E-state index in [9.17, 15) is 4.79 Å². The van der Waals surface area contributed by atoms with Crippen molar-refractivity contribution in [1.29, 1.82) is 0 Å². The molecule has 0 bridgehead atoms. The van der Waals surface area contributed by atoms with Gasteiger partial charge in [0.15, 0.2) is 0 Å². The van der Waals surface area contributed by atoms with Crippen molar-refractivity contribution in [2.24, 2.45) is 0 Å². The lowest BCUT2D eigenvalue weighted by Gasteiger charge is -2.37.